The molecule has 316 valence electrons. The van der Waals surface area contributed by atoms with Gasteiger partial charge in [0.15, 0.2) is 6.17 Å². The molecule has 9 atom stereocenters. The predicted molar refractivity (Wildman–Crippen MR) is 223 cm³/mol. The zero-order valence-electron chi connectivity index (χ0n) is 34.3. The third-order valence-electron chi connectivity index (χ3n) is 12.2. The lowest BCUT2D eigenvalue weighted by molar-refractivity contribution is -0.199. The van der Waals surface area contributed by atoms with E-state index in [4.69, 9.17) is 38.1 Å². The first kappa shape index (κ1) is 45.0. The van der Waals surface area contributed by atoms with Gasteiger partial charge in [-0.3, -0.25) is 24.0 Å². The zero-order chi connectivity index (χ0) is 42.5. The number of rotatable bonds is 18. The third kappa shape index (κ3) is 10.2. The Kier molecular flexibility index (Phi) is 14.7. The molecule has 58 heavy (non-hydrogen) atoms. The molecular weight excluding hydrogens is 763 g/mol. The summed E-state index contributed by atoms with van der Waals surface area (Å²) in [4.78, 5) is 67.0. The molecule has 5 amide bonds. The average Bonchev–Trinajstić information content (AvgIpc) is 3.55. The van der Waals surface area contributed by atoms with Crippen molar-refractivity contribution < 1.29 is 33.3 Å². The van der Waals surface area contributed by atoms with Gasteiger partial charge in [0.25, 0.3) is 11.8 Å². The van der Waals surface area contributed by atoms with E-state index in [-0.39, 0.29) is 43.4 Å². The minimum atomic E-state index is -1.57. The van der Waals surface area contributed by atoms with Gasteiger partial charge >= 0.3 is 7.12 Å². The molecule has 6 rings (SSSR count). The van der Waals surface area contributed by atoms with E-state index in [0.29, 0.717) is 28.8 Å². The van der Waals surface area contributed by atoms with Crippen LogP contribution in [0.3, 0.4) is 0 Å². The molecule has 0 spiro atoms. The van der Waals surface area contributed by atoms with E-state index in [1.165, 1.54) is 0 Å². The van der Waals surface area contributed by atoms with Crippen LogP contribution in [0.2, 0.25) is 5.02 Å². The van der Waals surface area contributed by atoms with Gasteiger partial charge in [-0.1, -0.05) is 63.6 Å². The highest BCUT2D eigenvalue weighted by Gasteiger charge is 2.68. The SMILES string of the molecule is CC(C)C[C@H](NC(=O)[C@H](N)NC(=O)[C@H](CCN)NC(=O)[C@H](CCN)NC(=O)c1ccc(-c2ccc(Cl)cc2)cc1)C(=O)N[C@@H](C)B1OC2C[C@@H]3C[C@@H](C3(C)C)[C@]2(C)O1. The molecule has 1 heterocycles. The number of halogens is 1. The van der Waals surface area contributed by atoms with E-state index in [1.807, 2.05) is 32.9 Å². The van der Waals surface area contributed by atoms with Crippen LogP contribution in [0.15, 0.2) is 48.5 Å². The van der Waals surface area contributed by atoms with Crippen molar-refractivity contribution in [1.82, 2.24) is 26.6 Å². The lowest BCUT2D eigenvalue weighted by atomic mass is 9.43. The largest absolute Gasteiger partial charge is 0.481 e. The Labute approximate surface area is 346 Å². The highest BCUT2D eigenvalue weighted by Crippen LogP contribution is 2.65. The summed E-state index contributed by atoms with van der Waals surface area (Å²) in [5.74, 6) is -2.75. The molecule has 3 saturated carbocycles. The molecule has 4 fully saturated rings. The second kappa shape index (κ2) is 18.9. The third-order valence-corrected chi connectivity index (χ3v) is 12.4. The molecule has 1 unspecified atom stereocenters. The van der Waals surface area contributed by atoms with Crippen LogP contribution in [-0.2, 0) is 28.5 Å². The van der Waals surface area contributed by atoms with Gasteiger partial charge in [-0.25, -0.2) is 0 Å². The van der Waals surface area contributed by atoms with Gasteiger partial charge in [0.1, 0.15) is 18.1 Å². The maximum Gasteiger partial charge on any atom is 0.481 e. The first-order chi connectivity index (χ1) is 27.4. The zero-order valence-corrected chi connectivity index (χ0v) is 35.1. The number of carbonyl (C=O) groups excluding carboxylic acids is 5. The van der Waals surface area contributed by atoms with Crippen LogP contribution in [0, 0.1) is 23.2 Å². The second-order valence-electron chi connectivity index (χ2n) is 17.1. The molecule has 15 nitrogen and oxygen atoms in total. The van der Waals surface area contributed by atoms with Crippen molar-refractivity contribution in [2.24, 2.45) is 40.4 Å². The maximum atomic E-state index is 13.6. The summed E-state index contributed by atoms with van der Waals surface area (Å²) >= 11 is 6.00. The Hall–Kier alpha value is -4.06. The van der Waals surface area contributed by atoms with Crippen LogP contribution in [0.1, 0.15) is 84.0 Å². The fraction of sp³-hybridized carbons (Fsp3) is 0.585. The summed E-state index contributed by atoms with van der Waals surface area (Å²) in [6.07, 6.45) is 0.767. The van der Waals surface area contributed by atoms with Crippen molar-refractivity contribution >= 4 is 48.3 Å². The number of hydrogen-bond donors (Lipinski definition) is 8. The minimum Gasteiger partial charge on any atom is -0.404 e. The molecule has 2 aromatic carbocycles. The standard InChI is InChI=1S/C41H60BClN8O7/c1-22(2)19-31(38(55)47-23(3)42-57-33-21-27-20-32(40(27,4)5)41(33,6)58-42)50-39(56)34(46)51-37(54)30(16-18-45)49-36(53)29(15-17-44)48-35(52)26-9-7-24(8-10-26)25-11-13-28(43)14-12-25/h7-14,22-23,27,29-34H,15-21,44-46H2,1-6H3,(H,47,55)(H,48,52)(H,49,53)(H,50,56)(H,51,54)/t23-,27-,29-,30-,31-,32-,33?,34+,41-/m0/s1. The second-order valence-corrected chi connectivity index (χ2v) is 17.6. The normalized spacial score (nSPS) is 24.3. The highest BCUT2D eigenvalue weighted by atomic mass is 35.5. The fourth-order valence-electron chi connectivity index (χ4n) is 8.63. The van der Waals surface area contributed by atoms with Crippen molar-refractivity contribution in [2.75, 3.05) is 13.1 Å². The molecule has 11 N–H and O–H groups in total. The van der Waals surface area contributed by atoms with Gasteiger partial charge in [-0.05, 0) is 118 Å². The summed E-state index contributed by atoms with van der Waals surface area (Å²) in [6.45, 7) is 12.4. The minimum absolute atomic E-state index is 0.00173. The Morgan fingerprint density at radius 3 is 1.86 bits per heavy atom. The van der Waals surface area contributed by atoms with Crippen LogP contribution in [0.4, 0.5) is 0 Å². The summed E-state index contributed by atoms with van der Waals surface area (Å²) in [5, 5.41) is 14.0. The van der Waals surface area contributed by atoms with Gasteiger partial charge in [0.2, 0.25) is 17.7 Å². The smallest absolute Gasteiger partial charge is 0.404 e. The topological polar surface area (TPSA) is 242 Å². The van der Waals surface area contributed by atoms with Gasteiger partial charge < -0.3 is 53.1 Å². The molecular formula is C41H60BClN8O7. The molecule has 17 heteroatoms. The Balaban J connectivity index is 1.14. The van der Waals surface area contributed by atoms with Crippen LogP contribution in [-0.4, -0.2) is 91.7 Å². The lowest BCUT2D eigenvalue weighted by Crippen LogP contribution is -2.65. The first-order valence-corrected chi connectivity index (χ1v) is 20.6. The number of benzene rings is 2. The quantitative estimate of drug-likeness (QED) is 0.0804. The van der Waals surface area contributed by atoms with E-state index < -0.39 is 72.5 Å². The van der Waals surface area contributed by atoms with E-state index >= 15 is 0 Å². The number of hydrogen-bond acceptors (Lipinski definition) is 10. The van der Waals surface area contributed by atoms with E-state index in [2.05, 4.69) is 47.4 Å². The fourth-order valence-corrected chi connectivity index (χ4v) is 8.76. The molecule has 3 aliphatic carbocycles. The Bertz CT molecular complexity index is 1800. The monoisotopic (exact) mass is 822 g/mol. The average molecular weight is 823 g/mol. The van der Waals surface area contributed by atoms with Crippen molar-refractivity contribution in [3.63, 3.8) is 0 Å². The van der Waals surface area contributed by atoms with E-state index in [9.17, 15) is 24.0 Å². The van der Waals surface area contributed by atoms with Crippen LogP contribution in [0.5, 0.6) is 0 Å². The molecule has 4 aliphatic rings. The van der Waals surface area contributed by atoms with Crippen LogP contribution in [0.25, 0.3) is 11.1 Å². The highest BCUT2D eigenvalue weighted by molar-refractivity contribution is 6.47. The summed E-state index contributed by atoms with van der Waals surface area (Å²) < 4.78 is 12.9. The number of amides is 5. The van der Waals surface area contributed by atoms with Crippen molar-refractivity contribution in [2.45, 2.75) is 116 Å². The Morgan fingerprint density at radius 1 is 0.759 bits per heavy atom. The van der Waals surface area contributed by atoms with Crippen LogP contribution < -0.4 is 43.8 Å². The van der Waals surface area contributed by atoms with E-state index in [1.54, 1.807) is 36.4 Å². The van der Waals surface area contributed by atoms with Gasteiger partial charge in [0.05, 0.1) is 17.6 Å². The summed E-state index contributed by atoms with van der Waals surface area (Å²) in [6, 6.07) is 10.9. The van der Waals surface area contributed by atoms with Gasteiger partial charge in [-0.15, -0.1) is 0 Å². The maximum absolute atomic E-state index is 13.6. The molecule has 0 radical (unpaired) electrons. The molecule has 2 aromatic rings. The predicted octanol–water partition coefficient (Wildman–Crippen LogP) is 1.99. The first-order valence-electron chi connectivity index (χ1n) is 20.2. The molecule has 1 saturated heterocycles. The molecule has 1 aliphatic heterocycles. The number of nitrogens with two attached hydrogens (primary N) is 3. The van der Waals surface area contributed by atoms with Crippen molar-refractivity contribution in [1.29, 1.82) is 0 Å². The Morgan fingerprint density at radius 2 is 1.29 bits per heavy atom. The van der Waals surface area contributed by atoms with Gasteiger partial charge in [0, 0.05) is 10.6 Å². The lowest BCUT2D eigenvalue weighted by Gasteiger charge is -2.64. The summed E-state index contributed by atoms with van der Waals surface area (Å²) in [5.41, 5.74) is 19.5. The molecule has 2 bridgehead atoms. The summed E-state index contributed by atoms with van der Waals surface area (Å²) in [7, 11) is -0.647. The number of carbonyl (C=O) groups is 5. The van der Waals surface area contributed by atoms with Crippen molar-refractivity contribution in [3.8, 4) is 11.1 Å². The van der Waals surface area contributed by atoms with Crippen LogP contribution >= 0.6 is 11.6 Å². The van der Waals surface area contributed by atoms with Crippen molar-refractivity contribution in [3.05, 3.63) is 59.1 Å². The van der Waals surface area contributed by atoms with Gasteiger partial charge in [-0.2, -0.15) is 0 Å². The number of nitrogens with one attached hydrogen (secondary N) is 5. The molecule has 0 aromatic heterocycles. The van der Waals surface area contributed by atoms with E-state index in [0.717, 1.165) is 24.0 Å².